The van der Waals surface area contributed by atoms with Crippen LogP contribution in [0.3, 0.4) is 0 Å². The number of benzene rings is 1. The van der Waals surface area contributed by atoms with E-state index < -0.39 is 57.7 Å². The zero-order valence-corrected chi connectivity index (χ0v) is 23.1. The first-order valence-electron chi connectivity index (χ1n) is 12.1. The highest BCUT2D eigenvalue weighted by Gasteiger charge is 2.54. The number of rotatable bonds is 7. The maximum Gasteiger partial charge on any atom is 0.340 e. The van der Waals surface area contributed by atoms with E-state index >= 15 is 0 Å². The first kappa shape index (κ1) is 27.9. The Bertz CT molecular complexity index is 1610. The van der Waals surface area contributed by atoms with Crippen molar-refractivity contribution in [2.45, 2.75) is 31.0 Å². The van der Waals surface area contributed by atoms with Gasteiger partial charge in [-0.3, -0.25) is 18.5 Å². The molecule has 18 heteroatoms. The summed E-state index contributed by atoms with van der Waals surface area (Å²) in [5, 5.41) is 21.0. The van der Waals surface area contributed by atoms with Crippen LogP contribution in [0.15, 0.2) is 30.6 Å². The van der Waals surface area contributed by atoms with Crippen molar-refractivity contribution in [1.29, 1.82) is 0 Å². The van der Waals surface area contributed by atoms with Crippen LogP contribution in [0.25, 0.3) is 11.2 Å². The molecule has 2 aromatic heterocycles. The van der Waals surface area contributed by atoms with Gasteiger partial charge in [0.1, 0.15) is 18.3 Å². The second kappa shape index (κ2) is 9.63. The first-order chi connectivity index (χ1) is 18.8. The summed E-state index contributed by atoms with van der Waals surface area (Å²) in [5.41, 5.74) is 1.65. The number of carbonyl (C=O) groups excluding carboxylic acids is 1. The molecule has 0 amide bonds. The molecule has 0 radical (unpaired) electrons. The van der Waals surface area contributed by atoms with Crippen LogP contribution < -0.4 is 4.90 Å². The van der Waals surface area contributed by atoms with Crippen LogP contribution in [-0.4, -0.2) is 94.1 Å². The molecule has 4 heterocycles. The summed E-state index contributed by atoms with van der Waals surface area (Å²) in [7, 11) is -9.56. The number of ether oxygens (including phenoxy) is 1. The summed E-state index contributed by atoms with van der Waals surface area (Å²) in [6, 6.07) is 7.51. The minimum absolute atomic E-state index is 0.0826. The van der Waals surface area contributed by atoms with Crippen LogP contribution in [0.2, 0.25) is 5.28 Å². The summed E-state index contributed by atoms with van der Waals surface area (Å²) in [6.45, 7) is 0.0566. The average Bonchev–Trinajstić information content (AvgIpc) is 3.48. The minimum Gasteiger partial charge on any atom is -0.387 e. The van der Waals surface area contributed by atoms with E-state index in [1.165, 1.54) is 10.9 Å². The molecule has 2 unspecified atom stereocenters. The molecule has 1 aromatic carbocycles. The Kier molecular flexibility index (Phi) is 6.71. The Morgan fingerprint density at radius 3 is 2.55 bits per heavy atom. The summed E-state index contributed by atoms with van der Waals surface area (Å²) >= 11 is 6.23. The second-order valence-corrected chi connectivity index (χ2v) is 14.6. The standard InChI is InChI=1S/C22H24ClN5O10P2/c23-21-25-18(27-7-22(8-27)5-11-3-1-2-4-12(11)17(22)31)14-19(26-21)28(9-24-14)20-16(30)15(29)13(38-20)6-37-40(35,36)10-39(32,33)34/h1-4,9,13,15-16,20,29-30H,5-8,10H2,(H,35,36)(H2,32,33,34)/t13-,15?,16+,20-/m1/s1. The number of hydrogen-bond acceptors (Lipinski definition) is 11. The lowest BCUT2D eigenvalue weighted by Gasteiger charge is -2.47. The van der Waals surface area contributed by atoms with Gasteiger partial charge in [0.15, 0.2) is 34.9 Å². The minimum atomic E-state index is -4.85. The number of ketones is 1. The molecule has 214 valence electrons. The van der Waals surface area contributed by atoms with Gasteiger partial charge in [-0.15, -0.1) is 0 Å². The van der Waals surface area contributed by atoms with Gasteiger partial charge in [0.05, 0.1) is 18.3 Å². The predicted molar refractivity (Wildman–Crippen MR) is 138 cm³/mol. The van der Waals surface area contributed by atoms with E-state index in [9.17, 15) is 29.0 Å². The number of aliphatic hydroxyl groups is 2. The topological polar surface area (TPSA) is 218 Å². The third kappa shape index (κ3) is 4.80. The van der Waals surface area contributed by atoms with Gasteiger partial charge in [0.25, 0.3) is 0 Å². The van der Waals surface area contributed by atoms with Crippen molar-refractivity contribution in [3.05, 3.63) is 47.0 Å². The van der Waals surface area contributed by atoms with Crippen LogP contribution in [-0.2, 0) is 24.8 Å². The molecular formula is C22H24ClN5O10P2. The van der Waals surface area contributed by atoms with Crippen molar-refractivity contribution < 1.29 is 48.1 Å². The highest BCUT2D eigenvalue weighted by Crippen LogP contribution is 2.55. The van der Waals surface area contributed by atoms with E-state index in [2.05, 4.69) is 15.0 Å². The number of imidazole rings is 1. The van der Waals surface area contributed by atoms with Gasteiger partial charge in [-0.25, -0.2) is 4.98 Å². The SMILES string of the molecule is O=C1c2ccccc2CC12CN(c1nc(Cl)nc3c1ncn3[C@@H]1O[C@H](COP(=O)(O)CP(=O)(O)O)C(O)[C@@H]1O)C2. The molecule has 40 heavy (non-hydrogen) atoms. The third-order valence-corrected chi connectivity index (χ3v) is 11.0. The Morgan fingerprint density at radius 1 is 1.12 bits per heavy atom. The van der Waals surface area contributed by atoms with Gasteiger partial charge in [-0.05, 0) is 23.6 Å². The van der Waals surface area contributed by atoms with Crippen LogP contribution in [0.4, 0.5) is 5.82 Å². The van der Waals surface area contributed by atoms with Crippen LogP contribution in [0.1, 0.15) is 22.1 Å². The van der Waals surface area contributed by atoms with E-state index in [1.807, 2.05) is 29.2 Å². The molecule has 3 aliphatic rings. The summed E-state index contributed by atoms with van der Waals surface area (Å²) < 4.78 is 34.8. The number of aromatic nitrogens is 4. The quantitative estimate of drug-likeness (QED) is 0.182. The number of Topliss-reactive ketones (excluding diaryl/α,β-unsaturated/α-hetero) is 1. The van der Waals surface area contributed by atoms with Crippen molar-refractivity contribution in [3.63, 3.8) is 0 Å². The van der Waals surface area contributed by atoms with Crippen LogP contribution >= 0.6 is 26.8 Å². The van der Waals surface area contributed by atoms with Gasteiger partial charge in [-0.2, -0.15) is 9.97 Å². The molecule has 5 N–H and O–H groups in total. The number of carbonyl (C=O) groups is 1. The van der Waals surface area contributed by atoms with E-state index in [0.29, 0.717) is 30.8 Å². The summed E-state index contributed by atoms with van der Waals surface area (Å²) in [4.78, 5) is 55.5. The molecule has 1 spiro atoms. The molecule has 2 aliphatic heterocycles. The van der Waals surface area contributed by atoms with E-state index in [-0.39, 0.29) is 16.7 Å². The van der Waals surface area contributed by atoms with E-state index in [1.54, 1.807) is 0 Å². The fourth-order valence-corrected chi connectivity index (χ4v) is 8.29. The van der Waals surface area contributed by atoms with Gasteiger partial charge in [-0.1, -0.05) is 24.3 Å². The van der Waals surface area contributed by atoms with Crippen LogP contribution in [0.5, 0.6) is 0 Å². The van der Waals surface area contributed by atoms with Crippen molar-refractivity contribution in [1.82, 2.24) is 19.5 Å². The molecule has 2 saturated heterocycles. The van der Waals surface area contributed by atoms with E-state index in [4.69, 9.17) is 30.6 Å². The van der Waals surface area contributed by atoms with Gasteiger partial charge >= 0.3 is 15.2 Å². The highest BCUT2D eigenvalue weighted by atomic mass is 35.5. The number of anilines is 1. The predicted octanol–water partition coefficient (Wildman–Crippen LogP) is 0.681. The van der Waals surface area contributed by atoms with Crippen molar-refractivity contribution in [2.75, 3.05) is 30.5 Å². The fourth-order valence-electron chi connectivity index (χ4n) is 5.56. The normalized spacial score (nSPS) is 27.2. The number of hydrogen-bond donors (Lipinski definition) is 5. The molecule has 15 nitrogen and oxygen atoms in total. The number of nitrogens with zero attached hydrogens (tertiary/aromatic N) is 5. The number of halogens is 1. The second-order valence-electron chi connectivity index (χ2n) is 10.2. The lowest BCUT2D eigenvalue weighted by Crippen LogP contribution is -2.60. The third-order valence-electron chi connectivity index (χ3n) is 7.35. The molecule has 2 fully saturated rings. The molecule has 5 atom stereocenters. The van der Waals surface area contributed by atoms with E-state index in [0.717, 1.165) is 11.1 Å². The fraction of sp³-hybridized carbons (Fsp3) is 0.455. The number of aliphatic hydroxyl groups excluding tert-OH is 2. The maximum absolute atomic E-state index is 13.1. The average molecular weight is 616 g/mol. The lowest BCUT2D eigenvalue weighted by atomic mass is 9.76. The Labute approximate surface area is 231 Å². The maximum atomic E-state index is 13.1. The lowest BCUT2D eigenvalue weighted by molar-refractivity contribution is -0.0483. The molecule has 0 bridgehead atoms. The largest absolute Gasteiger partial charge is 0.387 e. The molecule has 3 aromatic rings. The Balaban J connectivity index is 1.21. The smallest absolute Gasteiger partial charge is 0.340 e. The monoisotopic (exact) mass is 615 g/mol. The molecule has 0 saturated carbocycles. The van der Waals surface area contributed by atoms with Crippen molar-refractivity contribution in [3.8, 4) is 0 Å². The van der Waals surface area contributed by atoms with Crippen LogP contribution in [0, 0.1) is 5.41 Å². The van der Waals surface area contributed by atoms with Gasteiger partial charge in [0.2, 0.25) is 5.28 Å². The van der Waals surface area contributed by atoms with Crippen molar-refractivity contribution in [2.24, 2.45) is 5.41 Å². The summed E-state index contributed by atoms with van der Waals surface area (Å²) in [6.07, 6.45) is -3.80. The molecular weight excluding hydrogens is 592 g/mol. The Hall–Kier alpha value is -2.29. The molecule has 6 rings (SSSR count). The zero-order valence-electron chi connectivity index (χ0n) is 20.5. The number of fused-ring (bicyclic) bond motifs is 2. The summed E-state index contributed by atoms with van der Waals surface area (Å²) in [5.74, 6) is -0.942. The highest BCUT2D eigenvalue weighted by molar-refractivity contribution is 7.70. The van der Waals surface area contributed by atoms with Gasteiger partial charge in [0, 0.05) is 18.7 Å². The van der Waals surface area contributed by atoms with Crippen molar-refractivity contribution >= 4 is 49.6 Å². The molecule has 1 aliphatic carbocycles. The first-order valence-corrected chi connectivity index (χ1v) is 16.0. The zero-order chi connectivity index (χ0) is 28.6. The van der Waals surface area contributed by atoms with Gasteiger partial charge < -0.3 is 39.1 Å². The Morgan fingerprint density at radius 2 is 1.85 bits per heavy atom.